The van der Waals surface area contributed by atoms with Crippen LogP contribution in [0.3, 0.4) is 0 Å². The number of aromatic nitrogens is 5. The van der Waals surface area contributed by atoms with Crippen LogP contribution in [0.25, 0.3) is 44.6 Å². The van der Waals surface area contributed by atoms with Crippen LogP contribution in [-0.4, -0.2) is 37.6 Å². The molecule has 0 radical (unpaired) electrons. The quantitative estimate of drug-likeness (QED) is 0.436. The molecule has 7 nitrogen and oxygen atoms in total. The molecule has 5 aromatic rings. The number of hydrogen-bond acceptors (Lipinski definition) is 4. The number of H-pyrrole nitrogens is 2. The van der Waals surface area contributed by atoms with Gasteiger partial charge < -0.3 is 9.88 Å². The van der Waals surface area contributed by atoms with E-state index in [1.807, 2.05) is 50.1 Å². The molecule has 3 aromatic heterocycles. The van der Waals surface area contributed by atoms with Gasteiger partial charge >= 0.3 is 0 Å². The highest BCUT2D eigenvalue weighted by Crippen LogP contribution is 2.43. The minimum atomic E-state index is -0.549. The number of carbonyl (C=O) groups excluding carboxylic acids is 1. The standard InChI is InChI=1S/C25H22N6O/c1-4-31-21-12-20-19(11-17(21)25(2,3)24(31)32)27-23(28-20)22-16-8-7-14(10-18(16)29-30-22)15-6-5-9-26-13-15/h5-13H,4H2,1-3H3,(H,27,28)(H,29,30). The van der Waals surface area contributed by atoms with E-state index in [-0.39, 0.29) is 5.91 Å². The van der Waals surface area contributed by atoms with Crippen LogP contribution in [-0.2, 0) is 10.2 Å². The average Bonchev–Trinajstić information content (AvgIpc) is 3.46. The molecule has 7 heteroatoms. The second kappa shape index (κ2) is 6.50. The molecule has 2 N–H and O–H groups in total. The number of nitrogens with one attached hydrogen (secondary N) is 2. The lowest BCUT2D eigenvalue weighted by Crippen LogP contribution is -2.35. The third-order valence-electron chi connectivity index (χ3n) is 6.44. The molecule has 1 aliphatic rings. The number of anilines is 1. The van der Waals surface area contributed by atoms with Crippen LogP contribution in [0.5, 0.6) is 0 Å². The summed E-state index contributed by atoms with van der Waals surface area (Å²) in [5.41, 5.74) is 7.00. The molecule has 2 aromatic carbocycles. The lowest BCUT2D eigenvalue weighted by atomic mass is 9.86. The van der Waals surface area contributed by atoms with Crippen molar-refractivity contribution in [3.8, 4) is 22.6 Å². The Bertz CT molecular complexity index is 1510. The molecule has 0 unspecified atom stereocenters. The normalized spacial score (nSPS) is 15.1. The van der Waals surface area contributed by atoms with Crippen LogP contribution in [0.4, 0.5) is 5.69 Å². The number of pyridine rings is 1. The van der Waals surface area contributed by atoms with Crippen LogP contribution >= 0.6 is 0 Å². The maximum Gasteiger partial charge on any atom is 0.237 e. The van der Waals surface area contributed by atoms with Crippen LogP contribution in [0.2, 0.25) is 0 Å². The maximum absolute atomic E-state index is 12.8. The van der Waals surface area contributed by atoms with E-state index in [0.29, 0.717) is 12.4 Å². The van der Waals surface area contributed by atoms with E-state index in [9.17, 15) is 4.79 Å². The fourth-order valence-electron chi connectivity index (χ4n) is 4.67. The van der Waals surface area contributed by atoms with Gasteiger partial charge in [-0.25, -0.2) is 4.98 Å². The van der Waals surface area contributed by atoms with Crippen molar-refractivity contribution in [3.63, 3.8) is 0 Å². The summed E-state index contributed by atoms with van der Waals surface area (Å²) in [6.45, 7) is 6.60. The first-order valence-corrected chi connectivity index (χ1v) is 10.7. The zero-order chi connectivity index (χ0) is 22.0. The van der Waals surface area contributed by atoms with E-state index < -0.39 is 5.41 Å². The zero-order valence-corrected chi connectivity index (χ0v) is 18.1. The summed E-state index contributed by atoms with van der Waals surface area (Å²) < 4.78 is 0. The van der Waals surface area contributed by atoms with E-state index in [2.05, 4.69) is 44.4 Å². The summed E-state index contributed by atoms with van der Waals surface area (Å²) in [4.78, 5) is 27.1. The van der Waals surface area contributed by atoms with Crippen molar-refractivity contribution in [3.05, 3.63) is 60.4 Å². The highest BCUT2D eigenvalue weighted by Gasteiger charge is 2.43. The first-order chi connectivity index (χ1) is 15.5. The van der Waals surface area contributed by atoms with Crippen molar-refractivity contribution in [2.75, 3.05) is 11.4 Å². The fraction of sp³-hybridized carbons (Fsp3) is 0.200. The number of hydrogen-bond donors (Lipinski definition) is 2. The van der Waals surface area contributed by atoms with Gasteiger partial charge in [0.1, 0.15) is 5.69 Å². The average molecular weight is 422 g/mol. The van der Waals surface area contributed by atoms with E-state index in [0.717, 1.165) is 50.0 Å². The van der Waals surface area contributed by atoms with Gasteiger partial charge in [-0.3, -0.25) is 14.9 Å². The smallest absolute Gasteiger partial charge is 0.237 e. The van der Waals surface area contributed by atoms with Gasteiger partial charge in [0.05, 0.1) is 27.7 Å². The lowest BCUT2D eigenvalue weighted by Gasteiger charge is -2.18. The molecular weight excluding hydrogens is 400 g/mol. The Balaban J connectivity index is 1.46. The van der Waals surface area contributed by atoms with Crippen molar-refractivity contribution in [2.24, 2.45) is 0 Å². The number of nitrogens with zero attached hydrogens (tertiary/aromatic N) is 4. The summed E-state index contributed by atoms with van der Waals surface area (Å²) >= 11 is 0. The minimum absolute atomic E-state index is 0.130. The molecule has 6 rings (SSSR count). The molecule has 158 valence electrons. The Labute approximate surface area is 184 Å². The van der Waals surface area contributed by atoms with Gasteiger partial charge in [-0.05, 0) is 62.2 Å². The molecule has 4 heterocycles. The predicted molar refractivity (Wildman–Crippen MR) is 125 cm³/mol. The zero-order valence-electron chi connectivity index (χ0n) is 18.1. The first-order valence-electron chi connectivity index (χ1n) is 10.7. The van der Waals surface area contributed by atoms with Crippen molar-refractivity contribution in [1.82, 2.24) is 25.1 Å². The molecule has 1 aliphatic heterocycles. The molecule has 0 bridgehead atoms. The molecule has 32 heavy (non-hydrogen) atoms. The van der Waals surface area contributed by atoms with E-state index in [1.165, 1.54) is 0 Å². The van der Waals surface area contributed by atoms with Gasteiger partial charge in [0.15, 0.2) is 5.82 Å². The number of amides is 1. The third-order valence-corrected chi connectivity index (χ3v) is 6.44. The number of imidazole rings is 1. The Hall–Kier alpha value is -4.00. The molecule has 0 atom stereocenters. The van der Waals surface area contributed by atoms with Gasteiger partial charge in [0, 0.05) is 29.9 Å². The van der Waals surface area contributed by atoms with Crippen LogP contribution < -0.4 is 4.90 Å². The van der Waals surface area contributed by atoms with Crippen LogP contribution in [0.1, 0.15) is 26.3 Å². The monoisotopic (exact) mass is 422 g/mol. The van der Waals surface area contributed by atoms with E-state index >= 15 is 0 Å². The third kappa shape index (κ3) is 2.54. The highest BCUT2D eigenvalue weighted by atomic mass is 16.2. The Morgan fingerprint density at radius 1 is 1.06 bits per heavy atom. The molecule has 0 saturated heterocycles. The summed E-state index contributed by atoms with van der Waals surface area (Å²) in [5, 5.41) is 8.68. The minimum Gasteiger partial charge on any atom is -0.337 e. The number of carbonyl (C=O) groups is 1. The number of benzene rings is 2. The highest BCUT2D eigenvalue weighted by molar-refractivity contribution is 6.09. The summed E-state index contributed by atoms with van der Waals surface area (Å²) in [7, 11) is 0. The van der Waals surface area contributed by atoms with Gasteiger partial charge in [-0.2, -0.15) is 5.10 Å². The Kier molecular flexibility index (Phi) is 3.81. The predicted octanol–water partition coefficient (Wildman–Crippen LogP) is 4.81. The van der Waals surface area contributed by atoms with Gasteiger partial charge in [0.2, 0.25) is 5.91 Å². The topological polar surface area (TPSA) is 90.6 Å². The van der Waals surface area contributed by atoms with Gasteiger partial charge in [-0.1, -0.05) is 12.1 Å². The molecule has 0 saturated carbocycles. The van der Waals surface area contributed by atoms with Gasteiger partial charge in [-0.15, -0.1) is 0 Å². The maximum atomic E-state index is 12.8. The largest absolute Gasteiger partial charge is 0.337 e. The van der Waals surface area contributed by atoms with Crippen molar-refractivity contribution < 1.29 is 4.79 Å². The second-order valence-electron chi connectivity index (χ2n) is 8.72. The van der Waals surface area contributed by atoms with E-state index in [1.54, 1.807) is 6.20 Å². The molecule has 0 aliphatic carbocycles. The lowest BCUT2D eigenvalue weighted by molar-refractivity contribution is -0.122. The number of fused-ring (bicyclic) bond motifs is 3. The van der Waals surface area contributed by atoms with Crippen LogP contribution in [0.15, 0.2) is 54.9 Å². The van der Waals surface area contributed by atoms with Crippen molar-refractivity contribution in [2.45, 2.75) is 26.2 Å². The van der Waals surface area contributed by atoms with Crippen molar-refractivity contribution >= 4 is 33.5 Å². The SMILES string of the molecule is CCN1C(=O)C(C)(C)c2cc3[nH]c(-c4n[nH]c5cc(-c6cccnc6)ccc45)nc3cc21. The number of likely N-dealkylation sites (N-methyl/N-ethyl adjacent to an activating group) is 1. The fourth-order valence-corrected chi connectivity index (χ4v) is 4.67. The molecule has 1 amide bonds. The summed E-state index contributed by atoms with van der Waals surface area (Å²) in [6.07, 6.45) is 3.62. The molecule has 0 fully saturated rings. The Morgan fingerprint density at radius 3 is 2.72 bits per heavy atom. The van der Waals surface area contributed by atoms with Crippen molar-refractivity contribution in [1.29, 1.82) is 0 Å². The van der Waals surface area contributed by atoms with Gasteiger partial charge in [0.25, 0.3) is 0 Å². The van der Waals surface area contributed by atoms with E-state index in [4.69, 9.17) is 4.98 Å². The summed E-state index contributed by atoms with van der Waals surface area (Å²) in [5.74, 6) is 0.835. The number of rotatable bonds is 3. The summed E-state index contributed by atoms with van der Waals surface area (Å²) in [6, 6.07) is 14.2. The first kappa shape index (κ1) is 18.7. The molecule has 0 spiro atoms. The Morgan fingerprint density at radius 2 is 1.94 bits per heavy atom. The second-order valence-corrected chi connectivity index (χ2v) is 8.72. The van der Waals surface area contributed by atoms with Crippen LogP contribution in [0, 0.1) is 0 Å². The number of aromatic amines is 2. The molecular formula is C25H22N6O.